The smallest absolute Gasteiger partial charge is 0.249 e. The number of hydrogen-bond acceptors (Lipinski definition) is 5. The SMILES string of the molecule is Cc1noc(C)c1S(=O)(=O)N1CCCC1C(=O)NC1CCCCC1C. The highest BCUT2D eigenvalue weighted by Gasteiger charge is 2.42. The fourth-order valence-corrected chi connectivity index (χ4v) is 6.01. The summed E-state index contributed by atoms with van der Waals surface area (Å²) in [6.07, 6.45) is 5.62. The quantitative estimate of drug-likeness (QED) is 0.878. The third kappa shape index (κ3) is 3.46. The van der Waals surface area contributed by atoms with E-state index in [0.29, 0.717) is 31.0 Å². The van der Waals surface area contributed by atoms with Crippen LogP contribution in [0.2, 0.25) is 0 Å². The molecule has 0 spiro atoms. The van der Waals surface area contributed by atoms with E-state index in [9.17, 15) is 13.2 Å². The van der Waals surface area contributed by atoms with Crippen molar-refractivity contribution in [2.45, 2.75) is 76.3 Å². The number of nitrogens with one attached hydrogen (secondary N) is 1. The van der Waals surface area contributed by atoms with Gasteiger partial charge in [-0.05, 0) is 45.4 Å². The Balaban J connectivity index is 1.79. The summed E-state index contributed by atoms with van der Waals surface area (Å²) in [5.41, 5.74) is 0.337. The van der Waals surface area contributed by atoms with Crippen LogP contribution in [0.1, 0.15) is 56.9 Å². The van der Waals surface area contributed by atoms with Gasteiger partial charge in [0.25, 0.3) is 0 Å². The molecule has 2 heterocycles. The highest BCUT2D eigenvalue weighted by Crippen LogP contribution is 2.30. The Hall–Kier alpha value is -1.41. The van der Waals surface area contributed by atoms with E-state index in [2.05, 4.69) is 17.4 Å². The van der Waals surface area contributed by atoms with Crippen LogP contribution in [0.15, 0.2) is 9.42 Å². The molecule has 3 unspecified atom stereocenters. The Morgan fingerprint density at radius 2 is 1.92 bits per heavy atom. The van der Waals surface area contributed by atoms with E-state index in [1.807, 2.05) is 0 Å². The second-order valence-corrected chi connectivity index (χ2v) is 9.13. The molecule has 0 aromatic carbocycles. The van der Waals surface area contributed by atoms with Gasteiger partial charge in [-0.15, -0.1) is 0 Å². The minimum absolute atomic E-state index is 0.0956. The molecule has 1 aliphatic heterocycles. The molecule has 7 nitrogen and oxygen atoms in total. The van der Waals surface area contributed by atoms with Crippen molar-refractivity contribution < 1.29 is 17.7 Å². The van der Waals surface area contributed by atoms with Crippen molar-refractivity contribution in [3.63, 3.8) is 0 Å². The van der Waals surface area contributed by atoms with Crippen molar-refractivity contribution >= 4 is 15.9 Å². The van der Waals surface area contributed by atoms with Crippen molar-refractivity contribution in [2.24, 2.45) is 5.92 Å². The molecule has 1 aromatic rings. The lowest BCUT2D eigenvalue weighted by atomic mass is 9.86. The average Bonchev–Trinajstić information content (AvgIpc) is 3.17. The second kappa shape index (κ2) is 7.07. The largest absolute Gasteiger partial charge is 0.360 e. The molecule has 1 aromatic heterocycles. The molecule has 0 bridgehead atoms. The molecule has 3 atom stereocenters. The van der Waals surface area contributed by atoms with E-state index in [-0.39, 0.29) is 22.6 Å². The van der Waals surface area contributed by atoms with Crippen LogP contribution in [0.25, 0.3) is 0 Å². The number of rotatable bonds is 4. The molecule has 1 amide bonds. The summed E-state index contributed by atoms with van der Waals surface area (Å²) in [6, 6.07) is -0.502. The van der Waals surface area contributed by atoms with Gasteiger partial charge in [0.2, 0.25) is 15.9 Å². The summed E-state index contributed by atoms with van der Waals surface area (Å²) in [5, 5.41) is 6.85. The zero-order valence-electron chi connectivity index (χ0n) is 15.1. The first-order valence-electron chi connectivity index (χ1n) is 9.07. The highest BCUT2D eigenvalue weighted by atomic mass is 32.2. The highest BCUT2D eigenvalue weighted by molar-refractivity contribution is 7.89. The monoisotopic (exact) mass is 369 g/mol. The van der Waals surface area contributed by atoms with Gasteiger partial charge in [-0.3, -0.25) is 4.79 Å². The van der Waals surface area contributed by atoms with Crippen LogP contribution in [0.4, 0.5) is 0 Å². The maximum absolute atomic E-state index is 13.1. The van der Waals surface area contributed by atoms with Crippen LogP contribution in [0, 0.1) is 19.8 Å². The minimum atomic E-state index is -3.79. The first-order chi connectivity index (χ1) is 11.8. The van der Waals surface area contributed by atoms with Gasteiger partial charge in [-0.1, -0.05) is 24.9 Å². The first kappa shape index (κ1) is 18.4. The number of carbonyl (C=O) groups excluding carboxylic acids is 1. The van der Waals surface area contributed by atoms with Gasteiger partial charge in [-0.2, -0.15) is 4.31 Å². The number of aryl methyl sites for hydroxylation is 2. The molecule has 140 valence electrons. The van der Waals surface area contributed by atoms with Crippen molar-refractivity contribution in [2.75, 3.05) is 6.54 Å². The van der Waals surface area contributed by atoms with Crippen LogP contribution in [0.5, 0.6) is 0 Å². The zero-order valence-corrected chi connectivity index (χ0v) is 15.9. The molecule has 1 saturated carbocycles. The lowest BCUT2D eigenvalue weighted by Gasteiger charge is -2.31. The normalized spacial score (nSPS) is 28.2. The third-order valence-corrected chi connectivity index (χ3v) is 7.63. The summed E-state index contributed by atoms with van der Waals surface area (Å²) < 4.78 is 32.4. The predicted molar refractivity (Wildman–Crippen MR) is 92.5 cm³/mol. The Bertz CT molecular complexity index is 724. The molecule has 1 aliphatic carbocycles. The minimum Gasteiger partial charge on any atom is -0.360 e. The standard InChI is InChI=1S/C17H27N3O4S/c1-11-7-4-5-8-14(11)18-17(21)15-9-6-10-20(15)25(22,23)16-12(2)19-24-13(16)3/h11,14-15H,4-10H2,1-3H3,(H,18,21). The van der Waals surface area contributed by atoms with Gasteiger partial charge in [0.15, 0.2) is 5.76 Å². The molecular weight excluding hydrogens is 342 g/mol. The number of aromatic nitrogens is 1. The van der Waals surface area contributed by atoms with E-state index >= 15 is 0 Å². The van der Waals surface area contributed by atoms with E-state index in [4.69, 9.17) is 4.52 Å². The second-order valence-electron chi connectivity index (χ2n) is 7.30. The van der Waals surface area contributed by atoms with Crippen molar-refractivity contribution in [3.05, 3.63) is 11.5 Å². The van der Waals surface area contributed by atoms with Crippen molar-refractivity contribution in [1.29, 1.82) is 0 Å². The van der Waals surface area contributed by atoms with Gasteiger partial charge >= 0.3 is 0 Å². The fourth-order valence-electron chi connectivity index (χ4n) is 4.06. The number of sulfonamides is 1. The molecule has 2 fully saturated rings. The lowest BCUT2D eigenvalue weighted by molar-refractivity contribution is -0.125. The number of carbonyl (C=O) groups is 1. The molecule has 8 heteroatoms. The molecule has 3 rings (SSSR count). The summed E-state index contributed by atoms with van der Waals surface area (Å²) in [6.45, 7) is 5.70. The molecule has 1 saturated heterocycles. The van der Waals surface area contributed by atoms with E-state index in [1.165, 1.54) is 10.7 Å². The van der Waals surface area contributed by atoms with E-state index in [0.717, 1.165) is 19.3 Å². The maximum Gasteiger partial charge on any atom is 0.249 e. The molecule has 1 N–H and O–H groups in total. The van der Waals surface area contributed by atoms with E-state index < -0.39 is 16.1 Å². The van der Waals surface area contributed by atoms with Crippen LogP contribution in [0.3, 0.4) is 0 Å². The first-order valence-corrected chi connectivity index (χ1v) is 10.5. The van der Waals surface area contributed by atoms with Gasteiger partial charge in [0, 0.05) is 12.6 Å². The van der Waals surface area contributed by atoms with Gasteiger partial charge in [0.1, 0.15) is 16.6 Å². The lowest BCUT2D eigenvalue weighted by Crippen LogP contribution is -2.50. The maximum atomic E-state index is 13.1. The molecule has 25 heavy (non-hydrogen) atoms. The van der Waals surface area contributed by atoms with Crippen LogP contribution in [-0.4, -0.2) is 42.4 Å². The Morgan fingerprint density at radius 3 is 2.56 bits per heavy atom. The van der Waals surface area contributed by atoms with E-state index in [1.54, 1.807) is 13.8 Å². The number of hydrogen-bond donors (Lipinski definition) is 1. The average molecular weight is 369 g/mol. The molecule has 0 radical (unpaired) electrons. The third-order valence-electron chi connectivity index (χ3n) is 5.48. The molecule has 2 aliphatic rings. The summed E-state index contributed by atoms with van der Waals surface area (Å²) in [4.78, 5) is 12.9. The van der Waals surface area contributed by atoms with Gasteiger partial charge in [0.05, 0.1) is 0 Å². The summed E-state index contributed by atoms with van der Waals surface area (Å²) in [7, 11) is -3.79. The van der Waals surface area contributed by atoms with Crippen LogP contribution < -0.4 is 5.32 Å². The topological polar surface area (TPSA) is 92.5 Å². The predicted octanol–water partition coefficient (Wildman–Crippen LogP) is 2.14. The van der Waals surface area contributed by atoms with Gasteiger partial charge in [-0.25, -0.2) is 8.42 Å². The van der Waals surface area contributed by atoms with Crippen LogP contribution >= 0.6 is 0 Å². The molecular formula is C17H27N3O4S. The summed E-state index contributed by atoms with van der Waals surface area (Å²) >= 11 is 0. The Kier molecular flexibility index (Phi) is 5.20. The van der Waals surface area contributed by atoms with Crippen molar-refractivity contribution in [3.8, 4) is 0 Å². The van der Waals surface area contributed by atoms with Gasteiger partial charge < -0.3 is 9.84 Å². The van der Waals surface area contributed by atoms with Crippen LogP contribution in [-0.2, 0) is 14.8 Å². The summed E-state index contributed by atoms with van der Waals surface area (Å²) in [5.74, 6) is 0.530. The Labute approximate surface area is 149 Å². The number of amides is 1. The zero-order chi connectivity index (χ0) is 18.2. The Morgan fingerprint density at radius 1 is 1.20 bits per heavy atom. The fraction of sp³-hybridized carbons (Fsp3) is 0.765. The van der Waals surface area contributed by atoms with Crippen molar-refractivity contribution in [1.82, 2.24) is 14.8 Å². The number of nitrogens with zero attached hydrogens (tertiary/aromatic N) is 2.